The molecule has 1 unspecified atom stereocenters. The summed E-state index contributed by atoms with van der Waals surface area (Å²) in [7, 11) is 0. The van der Waals surface area contributed by atoms with E-state index < -0.39 is 4.92 Å². The highest BCUT2D eigenvalue weighted by molar-refractivity contribution is 9.10. The van der Waals surface area contributed by atoms with Gasteiger partial charge in [0.1, 0.15) is 0 Å². The molecule has 0 aromatic heterocycles. The first-order valence-electron chi connectivity index (χ1n) is 5.29. The molecular weight excluding hydrogens is 288 g/mol. The molecule has 1 fully saturated rings. The van der Waals surface area contributed by atoms with E-state index in [4.69, 9.17) is 0 Å². The third-order valence-corrected chi connectivity index (χ3v) is 3.59. The Morgan fingerprint density at radius 1 is 1.35 bits per heavy atom. The van der Waals surface area contributed by atoms with Crippen LogP contribution >= 0.6 is 15.9 Å². The van der Waals surface area contributed by atoms with Gasteiger partial charge in [-0.1, -0.05) is 15.9 Å². The molecule has 1 aromatic rings. The molecule has 1 amide bonds. The van der Waals surface area contributed by atoms with Crippen LogP contribution in [-0.4, -0.2) is 22.2 Å². The number of nitro benzene ring substituents is 1. The Bertz CT molecular complexity index is 447. The molecule has 5 nitrogen and oxygen atoms in total. The molecular formula is C11H11BrN2O3. The van der Waals surface area contributed by atoms with E-state index in [1.165, 1.54) is 12.1 Å². The van der Waals surface area contributed by atoms with Crippen molar-refractivity contribution in [1.29, 1.82) is 0 Å². The van der Waals surface area contributed by atoms with Gasteiger partial charge in [0.25, 0.3) is 5.69 Å². The summed E-state index contributed by atoms with van der Waals surface area (Å²) in [6, 6.07) is 6.06. The Morgan fingerprint density at radius 2 is 2.00 bits per heavy atom. The maximum Gasteiger partial charge on any atom is 0.269 e. The Hall–Kier alpha value is -1.43. The number of rotatable bonds is 2. The van der Waals surface area contributed by atoms with Crippen LogP contribution in [0.15, 0.2) is 24.3 Å². The van der Waals surface area contributed by atoms with Crippen LogP contribution in [0, 0.1) is 10.1 Å². The van der Waals surface area contributed by atoms with Crippen LogP contribution in [0.25, 0.3) is 0 Å². The summed E-state index contributed by atoms with van der Waals surface area (Å²) in [5.74, 6) is 0.0186. The van der Waals surface area contributed by atoms with E-state index in [9.17, 15) is 14.9 Å². The average Bonchev–Trinajstić information content (AvgIpc) is 2.33. The van der Waals surface area contributed by atoms with Gasteiger partial charge in [0, 0.05) is 24.4 Å². The zero-order valence-corrected chi connectivity index (χ0v) is 10.6. The second-order valence-electron chi connectivity index (χ2n) is 3.87. The van der Waals surface area contributed by atoms with E-state index in [-0.39, 0.29) is 16.4 Å². The highest BCUT2D eigenvalue weighted by atomic mass is 79.9. The normalized spacial score (nSPS) is 20.4. The van der Waals surface area contributed by atoms with Gasteiger partial charge < -0.3 is 4.90 Å². The highest BCUT2D eigenvalue weighted by Gasteiger charge is 2.27. The van der Waals surface area contributed by atoms with E-state index in [0.29, 0.717) is 12.2 Å². The molecule has 1 aliphatic heterocycles. The van der Waals surface area contributed by atoms with Crippen molar-refractivity contribution >= 4 is 33.2 Å². The van der Waals surface area contributed by atoms with Gasteiger partial charge >= 0.3 is 0 Å². The Kier molecular flexibility index (Phi) is 3.42. The predicted octanol–water partition coefficient (Wildman–Crippen LogP) is 2.49. The predicted molar refractivity (Wildman–Crippen MR) is 67.4 cm³/mol. The van der Waals surface area contributed by atoms with E-state index in [1.54, 1.807) is 17.0 Å². The van der Waals surface area contributed by atoms with Crippen LogP contribution in [0.4, 0.5) is 11.4 Å². The smallest absolute Gasteiger partial charge is 0.269 e. The number of hydrogen-bond donors (Lipinski definition) is 0. The van der Waals surface area contributed by atoms with Gasteiger partial charge in [-0.3, -0.25) is 14.9 Å². The molecule has 6 heteroatoms. The van der Waals surface area contributed by atoms with Crippen LogP contribution in [0.5, 0.6) is 0 Å². The van der Waals surface area contributed by atoms with Crippen molar-refractivity contribution in [3.8, 4) is 0 Å². The van der Waals surface area contributed by atoms with Crippen LogP contribution < -0.4 is 4.90 Å². The van der Waals surface area contributed by atoms with Crippen LogP contribution in [-0.2, 0) is 4.79 Å². The lowest BCUT2D eigenvalue weighted by Crippen LogP contribution is -2.41. The minimum Gasteiger partial charge on any atom is -0.311 e. The number of amides is 1. The van der Waals surface area contributed by atoms with E-state index in [0.717, 1.165) is 12.8 Å². The standard InChI is InChI=1S/C11H11BrN2O3/c12-10-2-1-7-13(11(10)15)8-3-5-9(6-4-8)14(16)17/h3-6,10H,1-2,7H2. The summed E-state index contributed by atoms with van der Waals surface area (Å²) in [6.45, 7) is 0.665. The number of nitrogens with zero attached hydrogens (tertiary/aromatic N) is 2. The first-order chi connectivity index (χ1) is 8.09. The van der Waals surface area contributed by atoms with Gasteiger partial charge in [-0.25, -0.2) is 0 Å². The lowest BCUT2D eigenvalue weighted by molar-refractivity contribution is -0.384. The molecule has 0 aliphatic carbocycles. The molecule has 17 heavy (non-hydrogen) atoms. The summed E-state index contributed by atoms with van der Waals surface area (Å²) in [5, 5.41) is 10.5. The quantitative estimate of drug-likeness (QED) is 0.479. The number of non-ortho nitro benzene ring substituents is 1. The molecule has 0 bridgehead atoms. The van der Waals surface area contributed by atoms with E-state index in [1.807, 2.05) is 0 Å². The van der Waals surface area contributed by atoms with Gasteiger partial charge in [0.2, 0.25) is 5.91 Å². The zero-order valence-electron chi connectivity index (χ0n) is 9.01. The molecule has 1 atom stereocenters. The molecule has 0 saturated carbocycles. The molecule has 1 heterocycles. The summed E-state index contributed by atoms with van der Waals surface area (Å²) < 4.78 is 0. The fourth-order valence-electron chi connectivity index (χ4n) is 1.84. The number of hydrogen-bond acceptors (Lipinski definition) is 3. The molecule has 1 aromatic carbocycles. The number of alkyl halides is 1. The Morgan fingerprint density at radius 3 is 2.59 bits per heavy atom. The largest absolute Gasteiger partial charge is 0.311 e. The van der Waals surface area contributed by atoms with Crippen LogP contribution in [0.2, 0.25) is 0 Å². The lowest BCUT2D eigenvalue weighted by Gasteiger charge is -2.29. The number of carbonyl (C=O) groups is 1. The minimum atomic E-state index is -0.449. The average molecular weight is 299 g/mol. The van der Waals surface area contributed by atoms with Crippen LogP contribution in [0.3, 0.4) is 0 Å². The molecule has 1 aliphatic rings. The Labute approximate surface area is 107 Å². The summed E-state index contributed by atoms with van der Waals surface area (Å²) >= 11 is 3.33. The SMILES string of the molecule is O=C1C(Br)CCCN1c1ccc([N+](=O)[O-])cc1. The van der Waals surface area contributed by atoms with E-state index in [2.05, 4.69) is 15.9 Å². The van der Waals surface area contributed by atoms with Gasteiger partial charge in [0.05, 0.1) is 9.75 Å². The van der Waals surface area contributed by atoms with Crippen molar-refractivity contribution in [3.63, 3.8) is 0 Å². The van der Waals surface area contributed by atoms with Gasteiger partial charge in [-0.05, 0) is 25.0 Å². The van der Waals surface area contributed by atoms with Crippen molar-refractivity contribution in [1.82, 2.24) is 0 Å². The fourth-order valence-corrected chi connectivity index (χ4v) is 2.41. The van der Waals surface area contributed by atoms with Crippen molar-refractivity contribution < 1.29 is 9.72 Å². The topological polar surface area (TPSA) is 63.5 Å². The monoisotopic (exact) mass is 298 g/mol. The Balaban J connectivity index is 2.22. The highest BCUT2D eigenvalue weighted by Crippen LogP contribution is 2.26. The maximum atomic E-state index is 11.9. The number of piperidine rings is 1. The molecule has 2 rings (SSSR count). The summed E-state index contributed by atoms with van der Waals surface area (Å²) in [6.07, 6.45) is 1.76. The van der Waals surface area contributed by atoms with Gasteiger partial charge in [0.15, 0.2) is 0 Å². The minimum absolute atomic E-state index is 0.0186. The van der Waals surface area contributed by atoms with Crippen LogP contribution in [0.1, 0.15) is 12.8 Å². The number of anilines is 1. The summed E-state index contributed by atoms with van der Waals surface area (Å²) in [5.41, 5.74) is 0.748. The number of nitro groups is 1. The molecule has 0 N–H and O–H groups in total. The first kappa shape index (κ1) is 12.0. The van der Waals surface area contributed by atoms with Gasteiger partial charge in [-0.15, -0.1) is 0 Å². The molecule has 0 radical (unpaired) electrons. The third-order valence-electron chi connectivity index (χ3n) is 2.75. The third kappa shape index (κ3) is 2.46. The van der Waals surface area contributed by atoms with Crippen molar-refractivity contribution in [2.45, 2.75) is 17.7 Å². The van der Waals surface area contributed by atoms with Crippen molar-refractivity contribution in [2.75, 3.05) is 11.4 Å². The zero-order chi connectivity index (χ0) is 12.4. The molecule has 1 saturated heterocycles. The number of benzene rings is 1. The second kappa shape index (κ2) is 4.83. The van der Waals surface area contributed by atoms with Gasteiger partial charge in [-0.2, -0.15) is 0 Å². The number of carbonyl (C=O) groups excluding carboxylic acids is 1. The summed E-state index contributed by atoms with van der Waals surface area (Å²) in [4.78, 5) is 23.5. The van der Waals surface area contributed by atoms with Crippen molar-refractivity contribution in [3.05, 3.63) is 34.4 Å². The van der Waals surface area contributed by atoms with E-state index >= 15 is 0 Å². The fraction of sp³-hybridized carbons (Fsp3) is 0.364. The maximum absolute atomic E-state index is 11.9. The van der Waals surface area contributed by atoms with Crippen molar-refractivity contribution in [2.24, 2.45) is 0 Å². The molecule has 90 valence electrons. The number of halogens is 1. The first-order valence-corrected chi connectivity index (χ1v) is 6.21. The second-order valence-corrected chi connectivity index (χ2v) is 4.98. The molecule has 0 spiro atoms. The lowest BCUT2D eigenvalue weighted by atomic mass is 10.1.